The van der Waals surface area contributed by atoms with E-state index in [-0.39, 0.29) is 12.0 Å². The summed E-state index contributed by atoms with van der Waals surface area (Å²) in [7, 11) is 0. The fraction of sp³-hybridized carbons (Fsp3) is 0.462. The molecule has 1 unspecified atom stereocenters. The van der Waals surface area contributed by atoms with Gasteiger partial charge in [-0.1, -0.05) is 29.8 Å². The third kappa shape index (κ3) is 5.92. The molecule has 4 heteroatoms. The minimum absolute atomic E-state index is 0.0380. The summed E-state index contributed by atoms with van der Waals surface area (Å²) in [5, 5.41) is 13.3. The third-order valence-corrected chi connectivity index (χ3v) is 2.61. The normalized spacial score (nSPS) is 12.1. The highest BCUT2D eigenvalue weighted by Crippen LogP contribution is 2.02. The lowest BCUT2D eigenvalue weighted by Crippen LogP contribution is -2.38. The van der Waals surface area contributed by atoms with Crippen LogP contribution in [-0.4, -0.2) is 18.5 Å². The van der Waals surface area contributed by atoms with E-state index in [0.29, 0.717) is 0 Å². The van der Waals surface area contributed by atoms with Gasteiger partial charge in [0, 0.05) is 12.6 Å². The molecule has 0 heterocycles. The number of hydrogen-bond donors (Lipinski definition) is 4. The molecule has 0 aliphatic carbocycles. The molecule has 4 nitrogen and oxygen atoms in total. The lowest BCUT2D eigenvalue weighted by Gasteiger charge is -2.13. The number of hydrogen-bond acceptors (Lipinski definition) is 2. The summed E-state index contributed by atoms with van der Waals surface area (Å²) in [5.41, 5.74) is 7.83. The van der Waals surface area contributed by atoms with E-state index in [1.54, 1.807) is 0 Å². The maximum Gasteiger partial charge on any atom is 0.185 e. The molecule has 0 aromatic heterocycles. The smallest absolute Gasteiger partial charge is 0.185 e. The van der Waals surface area contributed by atoms with Gasteiger partial charge in [-0.15, -0.1) is 0 Å². The monoisotopic (exact) mass is 234 g/mol. The van der Waals surface area contributed by atoms with Gasteiger partial charge in [0.2, 0.25) is 0 Å². The number of aryl methyl sites for hydroxylation is 1. The Kier molecular flexibility index (Phi) is 5.49. The molecule has 94 valence electrons. The van der Waals surface area contributed by atoms with Crippen LogP contribution in [0.3, 0.4) is 0 Å². The summed E-state index contributed by atoms with van der Waals surface area (Å²) < 4.78 is 0. The van der Waals surface area contributed by atoms with E-state index in [9.17, 15) is 0 Å². The fourth-order valence-electron chi connectivity index (χ4n) is 1.59. The highest BCUT2D eigenvalue weighted by molar-refractivity contribution is 5.74. The van der Waals surface area contributed by atoms with Crippen LogP contribution in [0.1, 0.15) is 24.5 Å². The Morgan fingerprint density at radius 2 is 2.00 bits per heavy atom. The number of nitrogens with two attached hydrogens (primary N) is 1. The summed E-state index contributed by atoms with van der Waals surface area (Å²) in [6.07, 6.45) is 0.950. The van der Waals surface area contributed by atoms with Crippen molar-refractivity contribution in [3.8, 4) is 0 Å². The van der Waals surface area contributed by atoms with Crippen molar-refractivity contribution in [1.29, 1.82) is 5.41 Å². The number of nitrogens with one attached hydrogen (secondary N) is 3. The van der Waals surface area contributed by atoms with Gasteiger partial charge in [0.05, 0.1) is 0 Å². The Labute approximate surface area is 103 Å². The first-order chi connectivity index (χ1) is 8.08. The van der Waals surface area contributed by atoms with Gasteiger partial charge < -0.3 is 16.4 Å². The molecule has 0 radical (unpaired) electrons. The second-order valence-electron chi connectivity index (χ2n) is 4.41. The van der Waals surface area contributed by atoms with Crippen molar-refractivity contribution in [2.24, 2.45) is 5.73 Å². The van der Waals surface area contributed by atoms with Crippen molar-refractivity contribution in [3.63, 3.8) is 0 Å². The van der Waals surface area contributed by atoms with E-state index < -0.39 is 0 Å². The molecule has 1 aromatic rings. The topological polar surface area (TPSA) is 73.9 Å². The average molecular weight is 234 g/mol. The van der Waals surface area contributed by atoms with E-state index in [2.05, 4.69) is 41.8 Å². The third-order valence-electron chi connectivity index (χ3n) is 2.61. The van der Waals surface area contributed by atoms with Crippen molar-refractivity contribution >= 4 is 5.96 Å². The molecule has 1 atom stereocenters. The molecule has 0 amide bonds. The van der Waals surface area contributed by atoms with Gasteiger partial charge in [-0.2, -0.15) is 0 Å². The Bertz CT molecular complexity index is 345. The molecule has 0 bridgehead atoms. The van der Waals surface area contributed by atoms with E-state index in [0.717, 1.165) is 19.5 Å². The zero-order valence-corrected chi connectivity index (χ0v) is 10.6. The predicted molar refractivity (Wildman–Crippen MR) is 72.0 cm³/mol. The molecule has 5 N–H and O–H groups in total. The molecular formula is C13H22N4. The minimum Gasteiger partial charge on any atom is -0.370 e. The number of guanidine groups is 1. The van der Waals surface area contributed by atoms with Crippen LogP contribution in [0.25, 0.3) is 0 Å². The van der Waals surface area contributed by atoms with Crippen LogP contribution in [0.4, 0.5) is 0 Å². The highest BCUT2D eigenvalue weighted by atomic mass is 15.1. The maximum absolute atomic E-state index is 7.11. The molecule has 0 fully saturated rings. The van der Waals surface area contributed by atoms with Crippen molar-refractivity contribution < 1.29 is 0 Å². The minimum atomic E-state index is 0.0380. The summed E-state index contributed by atoms with van der Waals surface area (Å²) in [4.78, 5) is 0. The quantitative estimate of drug-likeness (QED) is 0.341. The maximum atomic E-state index is 7.11. The molecule has 0 aliphatic heterocycles. The Morgan fingerprint density at radius 1 is 1.35 bits per heavy atom. The van der Waals surface area contributed by atoms with Crippen LogP contribution >= 0.6 is 0 Å². The van der Waals surface area contributed by atoms with Crippen molar-refractivity contribution in [2.75, 3.05) is 6.54 Å². The van der Waals surface area contributed by atoms with E-state index in [1.165, 1.54) is 11.1 Å². The first kappa shape index (κ1) is 13.5. The van der Waals surface area contributed by atoms with Gasteiger partial charge in [0.15, 0.2) is 5.96 Å². The SMILES string of the molecule is Cc1ccc(CNCCC(C)NC(=N)N)cc1. The van der Waals surface area contributed by atoms with Gasteiger partial charge in [0.1, 0.15) is 0 Å². The van der Waals surface area contributed by atoms with Gasteiger partial charge in [-0.3, -0.25) is 5.41 Å². The van der Waals surface area contributed by atoms with Gasteiger partial charge in [-0.05, 0) is 32.4 Å². The Hall–Kier alpha value is -1.55. The summed E-state index contributed by atoms with van der Waals surface area (Å²) >= 11 is 0. The van der Waals surface area contributed by atoms with E-state index in [4.69, 9.17) is 11.1 Å². The molecule has 1 aromatic carbocycles. The Balaban J connectivity index is 2.15. The second-order valence-corrected chi connectivity index (χ2v) is 4.41. The van der Waals surface area contributed by atoms with Gasteiger partial charge in [-0.25, -0.2) is 0 Å². The molecule has 17 heavy (non-hydrogen) atoms. The Morgan fingerprint density at radius 3 is 2.59 bits per heavy atom. The second kappa shape index (κ2) is 6.91. The molecule has 0 saturated heterocycles. The standard InChI is InChI=1S/C13H22N4/c1-10-3-5-12(6-4-10)9-16-8-7-11(2)17-13(14)15/h3-6,11,16H,7-9H2,1-2H3,(H4,14,15,17). The summed E-state index contributed by atoms with van der Waals surface area (Å²) in [6, 6.07) is 8.76. The van der Waals surface area contributed by atoms with Crippen LogP contribution in [0, 0.1) is 12.3 Å². The van der Waals surface area contributed by atoms with E-state index >= 15 is 0 Å². The zero-order valence-electron chi connectivity index (χ0n) is 10.6. The first-order valence-electron chi connectivity index (χ1n) is 5.94. The van der Waals surface area contributed by atoms with Crippen molar-refractivity contribution in [1.82, 2.24) is 10.6 Å². The number of benzene rings is 1. The molecule has 0 aliphatic rings. The predicted octanol–water partition coefficient (Wildman–Crippen LogP) is 1.35. The molecule has 0 saturated carbocycles. The molecule has 1 rings (SSSR count). The molecular weight excluding hydrogens is 212 g/mol. The average Bonchev–Trinajstić information content (AvgIpc) is 2.26. The van der Waals surface area contributed by atoms with Crippen LogP contribution in [0.5, 0.6) is 0 Å². The van der Waals surface area contributed by atoms with E-state index in [1.807, 2.05) is 6.92 Å². The fourth-order valence-corrected chi connectivity index (χ4v) is 1.59. The first-order valence-corrected chi connectivity index (χ1v) is 5.94. The van der Waals surface area contributed by atoms with Gasteiger partial charge in [0.25, 0.3) is 0 Å². The highest BCUT2D eigenvalue weighted by Gasteiger charge is 2.00. The van der Waals surface area contributed by atoms with Crippen LogP contribution < -0.4 is 16.4 Å². The number of rotatable bonds is 6. The largest absolute Gasteiger partial charge is 0.370 e. The zero-order chi connectivity index (χ0) is 12.7. The summed E-state index contributed by atoms with van der Waals surface area (Å²) in [5.74, 6) is 0.0380. The van der Waals surface area contributed by atoms with Crippen molar-refractivity contribution in [3.05, 3.63) is 35.4 Å². The van der Waals surface area contributed by atoms with Crippen LogP contribution in [0.2, 0.25) is 0 Å². The van der Waals surface area contributed by atoms with Crippen molar-refractivity contribution in [2.45, 2.75) is 32.9 Å². The lowest BCUT2D eigenvalue weighted by molar-refractivity contribution is 0.553. The summed E-state index contributed by atoms with van der Waals surface area (Å²) in [6.45, 7) is 5.91. The van der Waals surface area contributed by atoms with Crippen LogP contribution in [-0.2, 0) is 6.54 Å². The van der Waals surface area contributed by atoms with Crippen LogP contribution in [0.15, 0.2) is 24.3 Å². The lowest BCUT2D eigenvalue weighted by atomic mass is 10.1. The van der Waals surface area contributed by atoms with Gasteiger partial charge >= 0.3 is 0 Å². The molecule has 0 spiro atoms.